The van der Waals surface area contributed by atoms with Crippen molar-refractivity contribution in [1.82, 2.24) is 0 Å². The molecular weight excluding hydrogens is 323 g/mol. The van der Waals surface area contributed by atoms with Crippen molar-refractivity contribution in [2.45, 2.75) is 12.8 Å². The lowest BCUT2D eigenvalue weighted by atomic mass is 10.1. The second-order valence-electron chi connectivity index (χ2n) is 4.42. The molecule has 0 aliphatic carbocycles. The van der Waals surface area contributed by atoms with Crippen LogP contribution in [0, 0.1) is 5.82 Å². The van der Waals surface area contributed by atoms with Gasteiger partial charge >= 0.3 is 0 Å². The molecule has 2 aromatic rings. The van der Waals surface area contributed by atoms with Crippen LogP contribution in [-0.2, 0) is 11.2 Å². The highest BCUT2D eigenvalue weighted by Gasteiger charge is 2.07. The van der Waals surface area contributed by atoms with E-state index in [-0.39, 0.29) is 18.0 Å². The van der Waals surface area contributed by atoms with Crippen molar-refractivity contribution in [3.05, 3.63) is 58.3 Å². The van der Waals surface area contributed by atoms with E-state index in [1.807, 2.05) is 18.2 Å². The fraction of sp³-hybridized carbons (Fsp3) is 0.133. The molecule has 0 saturated heterocycles. The summed E-state index contributed by atoms with van der Waals surface area (Å²) in [6.07, 6.45) is 0.841. The molecule has 0 heterocycles. The van der Waals surface area contributed by atoms with Crippen molar-refractivity contribution in [2.24, 2.45) is 0 Å². The molecule has 0 fully saturated rings. The molecule has 0 aliphatic heterocycles. The number of amides is 1. The SMILES string of the molecule is Nc1cccc(CCC(=O)Nc2ccc(Br)cc2F)c1. The summed E-state index contributed by atoms with van der Waals surface area (Å²) in [7, 11) is 0. The molecule has 0 spiro atoms. The van der Waals surface area contributed by atoms with Crippen LogP contribution in [0.15, 0.2) is 46.9 Å². The molecule has 5 heteroatoms. The molecule has 0 saturated carbocycles. The lowest BCUT2D eigenvalue weighted by Crippen LogP contribution is -2.13. The Labute approximate surface area is 125 Å². The van der Waals surface area contributed by atoms with Gasteiger partial charge in [-0.3, -0.25) is 4.79 Å². The minimum absolute atomic E-state index is 0.186. The van der Waals surface area contributed by atoms with E-state index < -0.39 is 5.82 Å². The fourth-order valence-corrected chi connectivity index (χ4v) is 2.14. The third-order valence-electron chi connectivity index (χ3n) is 2.80. The van der Waals surface area contributed by atoms with Crippen LogP contribution in [0.3, 0.4) is 0 Å². The molecule has 0 aliphatic rings. The van der Waals surface area contributed by atoms with Gasteiger partial charge in [-0.1, -0.05) is 28.1 Å². The highest BCUT2D eigenvalue weighted by atomic mass is 79.9. The predicted octanol–water partition coefficient (Wildman–Crippen LogP) is 3.74. The molecule has 0 aromatic heterocycles. The quantitative estimate of drug-likeness (QED) is 0.835. The van der Waals surface area contributed by atoms with Gasteiger partial charge in [0.15, 0.2) is 0 Å². The molecular formula is C15H14BrFN2O. The highest BCUT2D eigenvalue weighted by molar-refractivity contribution is 9.10. The number of halogens is 2. The Morgan fingerprint density at radius 1 is 1.25 bits per heavy atom. The topological polar surface area (TPSA) is 55.1 Å². The van der Waals surface area contributed by atoms with E-state index in [2.05, 4.69) is 21.2 Å². The van der Waals surface area contributed by atoms with Crippen molar-refractivity contribution in [1.29, 1.82) is 0 Å². The number of nitrogens with one attached hydrogen (secondary N) is 1. The van der Waals surface area contributed by atoms with Crippen LogP contribution in [0.4, 0.5) is 15.8 Å². The van der Waals surface area contributed by atoms with Gasteiger partial charge in [-0.15, -0.1) is 0 Å². The van der Waals surface area contributed by atoms with Gasteiger partial charge in [-0.2, -0.15) is 0 Å². The summed E-state index contributed by atoms with van der Waals surface area (Å²) >= 11 is 3.17. The summed E-state index contributed by atoms with van der Waals surface area (Å²) in [5.41, 5.74) is 7.51. The maximum atomic E-state index is 13.6. The van der Waals surface area contributed by atoms with E-state index in [1.54, 1.807) is 12.1 Å². The number of hydrogen-bond acceptors (Lipinski definition) is 2. The summed E-state index contributed by atoms with van der Waals surface area (Å²) < 4.78 is 14.2. The predicted molar refractivity (Wildman–Crippen MR) is 81.9 cm³/mol. The first kappa shape index (κ1) is 14.5. The molecule has 2 aromatic carbocycles. The Bertz CT molecular complexity index is 631. The summed E-state index contributed by atoms with van der Waals surface area (Å²) in [4.78, 5) is 11.8. The Balaban J connectivity index is 1.92. The van der Waals surface area contributed by atoms with Crippen LogP contribution in [-0.4, -0.2) is 5.91 Å². The molecule has 0 radical (unpaired) electrons. The molecule has 104 valence electrons. The third kappa shape index (κ3) is 4.06. The van der Waals surface area contributed by atoms with Crippen molar-refractivity contribution in [3.63, 3.8) is 0 Å². The number of aryl methyl sites for hydroxylation is 1. The average Bonchev–Trinajstić information content (AvgIpc) is 2.40. The fourth-order valence-electron chi connectivity index (χ4n) is 1.81. The Kier molecular flexibility index (Phi) is 4.74. The first-order valence-corrected chi connectivity index (χ1v) is 6.93. The van der Waals surface area contributed by atoms with Crippen molar-refractivity contribution >= 4 is 33.2 Å². The highest BCUT2D eigenvalue weighted by Crippen LogP contribution is 2.19. The molecule has 3 nitrogen and oxygen atoms in total. The van der Waals surface area contributed by atoms with E-state index in [4.69, 9.17) is 5.73 Å². The largest absolute Gasteiger partial charge is 0.399 e. The number of benzene rings is 2. The van der Waals surface area contributed by atoms with Gasteiger partial charge in [0.25, 0.3) is 0 Å². The summed E-state index contributed by atoms with van der Waals surface area (Å²) in [5, 5.41) is 2.56. The summed E-state index contributed by atoms with van der Waals surface area (Å²) in [6.45, 7) is 0. The van der Waals surface area contributed by atoms with Crippen molar-refractivity contribution in [3.8, 4) is 0 Å². The number of hydrogen-bond donors (Lipinski definition) is 2. The maximum Gasteiger partial charge on any atom is 0.224 e. The summed E-state index contributed by atoms with van der Waals surface area (Å²) in [5.74, 6) is -0.690. The first-order chi connectivity index (χ1) is 9.54. The smallest absolute Gasteiger partial charge is 0.224 e. The lowest BCUT2D eigenvalue weighted by Gasteiger charge is -2.07. The maximum absolute atomic E-state index is 13.6. The van der Waals surface area contributed by atoms with Crippen molar-refractivity contribution in [2.75, 3.05) is 11.1 Å². The van der Waals surface area contributed by atoms with E-state index in [9.17, 15) is 9.18 Å². The van der Waals surface area contributed by atoms with E-state index in [0.29, 0.717) is 16.6 Å². The minimum Gasteiger partial charge on any atom is -0.399 e. The second-order valence-corrected chi connectivity index (χ2v) is 5.33. The Hall–Kier alpha value is -1.88. The van der Waals surface area contributed by atoms with Gasteiger partial charge in [-0.25, -0.2) is 4.39 Å². The monoisotopic (exact) mass is 336 g/mol. The normalized spacial score (nSPS) is 10.3. The van der Waals surface area contributed by atoms with Gasteiger partial charge in [0, 0.05) is 16.6 Å². The molecule has 3 N–H and O–H groups in total. The number of anilines is 2. The average molecular weight is 337 g/mol. The van der Waals surface area contributed by atoms with Crippen LogP contribution in [0.5, 0.6) is 0 Å². The zero-order valence-corrected chi connectivity index (χ0v) is 12.3. The third-order valence-corrected chi connectivity index (χ3v) is 3.29. The van der Waals surface area contributed by atoms with Crippen LogP contribution in [0.25, 0.3) is 0 Å². The Morgan fingerprint density at radius 3 is 2.75 bits per heavy atom. The molecule has 2 rings (SSSR count). The van der Waals surface area contributed by atoms with Gasteiger partial charge in [0.2, 0.25) is 5.91 Å². The summed E-state index contributed by atoms with van der Waals surface area (Å²) in [6, 6.07) is 11.9. The second kappa shape index (κ2) is 6.52. The van der Waals surface area contributed by atoms with Gasteiger partial charge in [0.1, 0.15) is 5.82 Å². The number of rotatable bonds is 4. The number of carbonyl (C=O) groups is 1. The van der Waals surface area contributed by atoms with Crippen LogP contribution < -0.4 is 11.1 Å². The minimum atomic E-state index is -0.461. The molecule has 20 heavy (non-hydrogen) atoms. The van der Waals surface area contributed by atoms with E-state index in [0.717, 1.165) is 5.56 Å². The Morgan fingerprint density at radius 2 is 2.05 bits per heavy atom. The first-order valence-electron chi connectivity index (χ1n) is 6.14. The van der Waals surface area contributed by atoms with Crippen LogP contribution in [0.2, 0.25) is 0 Å². The molecule has 1 amide bonds. The van der Waals surface area contributed by atoms with Gasteiger partial charge in [0.05, 0.1) is 5.69 Å². The number of nitrogens with two attached hydrogens (primary N) is 1. The van der Waals surface area contributed by atoms with Crippen LogP contribution in [0.1, 0.15) is 12.0 Å². The van der Waals surface area contributed by atoms with Gasteiger partial charge in [-0.05, 0) is 42.3 Å². The number of nitrogen functional groups attached to an aromatic ring is 1. The van der Waals surface area contributed by atoms with E-state index >= 15 is 0 Å². The molecule has 0 bridgehead atoms. The van der Waals surface area contributed by atoms with Crippen molar-refractivity contribution < 1.29 is 9.18 Å². The molecule has 0 atom stereocenters. The zero-order valence-electron chi connectivity index (χ0n) is 10.7. The zero-order chi connectivity index (χ0) is 14.5. The van der Waals surface area contributed by atoms with Gasteiger partial charge < -0.3 is 11.1 Å². The lowest BCUT2D eigenvalue weighted by molar-refractivity contribution is -0.116. The number of carbonyl (C=O) groups excluding carboxylic acids is 1. The van der Waals surface area contributed by atoms with Crippen LogP contribution >= 0.6 is 15.9 Å². The molecule has 0 unspecified atom stereocenters. The van der Waals surface area contributed by atoms with E-state index in [1.165, 1.54) is 12.1 Å². The standard InChI is InChI=1S/C15H14BrFN2O/c16-11-5-6-14(13(17)9-11)19-15(20)7-4-10-2-1-3-12(18)8-10/h1-3,5-6,8-9H,4,7,18H2,(H,19,20).